The normalized spacial score (nSPS) is 14.9. The van der Waals surface area contributed by atoms with Crippen LogP contribution in [0.5, 0.6) is 0 Å². The highest BCUT2D eigenvalue weighted by Gasteiger charge is 2.18. The third kappa shape index (κ3) is 4.38. The Kier molecular flexibility index (Phi) is 5.79. The molecular formula is C22H28N2O3S. The van der Waals surface area contributed by atoms with Gasteiger partial charge in [0.05, 0.1) is 18.0 Å². The number of hydrogen-bond acceptors (Lipinski definition) is 3. The summed E-state index contributed by atoms with van der Waals surface area (Å²) < 4.78 is 24.9. The van der Waals surface area contributed by atoms with Crippen molar-refractivity contribution in [3.05, 3.63) is 64.2 Å². The van der Waals surface area contributed by atoms with Crippen molar-refractivity contribution in [3.8, 4) is 0 Å². The number of anilines is 1. The van der Waals surface area contributed by atoms with Crippen LogP contribution in [0.15, 0.2) is 36.4 Å². The van der Waals surface area contributed by atoms with E-state index in [1.165, 1.54) is 35.3 Å². The Bertz CT molecular complexity index is 999. The lowest BCUT2D eigenvalue weighted by Gasteiger charge is -2.21. The van der Waals surface area contributed by atoms with Crippen molar-refractivity contribution in [1.82, 2.24) is 5.32 Å². The predicted molar refractivity (Wildman–Crippen MR) is 113 cm³/mol. The quantitative estimate of drug-likeness (QED) is 0.831. The van der Waals surface area contributed by atoms with Gasteiger partial charge >= 0.3 is 0 Å². The summed E-state index contributed by atoms with van der Waals surface area (Å²) in [6.45, 7) is 3.80. The maximum Gasteiger partial charge on any atom is 0.251 e. The standard InChI is InChI=1S/C22H28N2O3S/c1-15-9-10-20(14-21(15)24(3)28(4,26)27)22(25)23-16(2)18-12-11-17-7-5-6-8-19(17)13-18/h9-14,16H,5-8H2,1-4H3,(H,23,25)/t16-/m0/s1. The first kappa shape index (κ1) is 20.4. The molecule has 0 saturated heterocycles. The maximum atomic E-state index is 12.8. The van der Waals surface area contributed by atoms with E-state index in [-0.39, 0.29) is 11.9 Å². The summed E-state index contributed by atoms with van der Waals surface area (Å²) >= 11 is 0. The second-order valence-electron chi connectivity index (χ2n) is 7.66. The number of nitrogens with zero attached hydrogens (tertiary/aromatic N) is 1. The molecule has 1 aliphatic rings. The van der Waals surface area contributed by atoms with Gasteiger partial charge in [0.2, 0.25) is 10.0 Å². The fourth-order valence-electron chi connectivity index (χ4n) is 3.65. The summed E-state index contributed by atoms with van der Waals surface area (Å²) in [6.07, 6.45) is 5.85. The molecule has 0 radical (unpaired) electrons. The molecule has 0 aromatic heterocycles. The smallest absolute Gasteiger partial charge is 0.251 e. The lowest BCUT2D eigenvalue weighted by molar-refractivity contribution is 0.0940. The molecule has 0 saturated carbocycles. The first-order valence-electron chi connectivity index (χ1n) is 9.64. The van der Waals surface area contributed by atoms with Gasteiger partial charge in [-0.15, -0.1) is 0 Å². The monoisotopic (exact) mass is 400 g/mol. The van der Waals surface area contributed by atoms with Crippen LogP contribution in [0.1, 0.15) is 58.4 Å². The molecule has 28 heavy (non-hydrogen) atoms. The first-order valence-corrected chi connectivity index (χ1v) is 11.5. The van der Waals surface area contributed by atoms with Crippen molar-refractivity contribution < 1.29 is 13.2 Å². The Morgan fingerprint density at radius 2 is 1.75 bits per heavy atom. The minimum Gasteiger partial charge on any atom is -0.346 e. The molecule has 0 spiro atoms. The minimum atomic E-state index is -3.39. The Morgan fingerprint density at radius 3 is 2.43 bits per heavy atom. The fourth-order valence-corrected chi connectivity index (χ4v) is 4.21. The minimum absolute atomic E-state index is 0.128. The van der Waals surface area contributed by atoms with E-state index in [0.717, 1.165) is 30.2 Å². The van der Waals surface area contributed by atoms with Crippen LogP contribution in [0.2, 0.25) is 0 Å². The van der Waals surface area contributed by atoms with Gasteiger partial charge in [0.15, 0.2) is 0 Å². The first-order chi connectivity index (χ1) is 13.2. The van der Waals surface area contributed by atoms with Crippen LogP contribution in [-0.2, 0) is 22.9 Å². The zero-order valence-corrected chi connectivity index (χ0v) is 17.8. The van der Waals surface area contributed by atoms with E-state index in [1.54, 1.807) is 18.2 Å². The molecule has 2 aromatic rings. The van der Waals surface area contributed by atoms with Crippen LogP contribution in [0.4, 0.5) is 5.69 Å². The zero-order chi connectivity index (χ0) is 20.5. The average Bonchev–Trinajstić information content (AvgIpc) is 2.66. The van der Waals surface area contributed by atoms with E-state index in [9.17, 15) is 13.2 Å². The summed E-state index contributed by atoms with van der Waals surface area (Å²) in [6, 6.07) is 11.5. The Balaban J connectivity index is 1.79. The van der Waals surface area contributed by atoms with Gasteiger partial charge in [-0.25, -0.2) is 8.42 Å². The molecule has 5 nitrogen and oxygen atoms in total. The molecule has 1 amide bonds. The molecule has 3 rings (SSSR count). The van der Waals surface area contributed by atoms with Crippen molar-refractivity contribution in [1.29, 1.82) is 0 Å². The van der Waals surface area contributed by atoms with Gasteiger partial charge in [0, 0.05) is 12.6 Å². The molecule has 0 aliphatic heterocycles. The molecule has 0 heterocycles. The molecule has 0 unspecified atom stereocenters. The number of fused-ring (bicyclic) bond motifs is 1. The molecule has 2 aromatic carbocycles. The number of aryl methyl sites for hydroxylation is 3. The SMILES string of the molecule is Cc1ccc(C(=O)N[C@@H](C)c2ccc3c(c2)CCCC3)cc1N(C)S(C)(=O)=O. The van der Waals surface area contributed by atoms with Crippen molar-refractivity contribution in [2.24, 2.45) is 0 Å². The Labute approximate surface area is 167 Å². The van der Waals surface area contributed by atoms with Crippen molar-refractivity contribution in [2.45, 2.75) is 45.6 Å². The summed E-state index contributed by atoms with van der Waals surface area (Å²) in [5.74, 6) is -0.214. The van der Waals surface area contributed by atoms with Gasteiger partial charge in [-0.2, -0.15) is 0 Å². The molecule has 0 fully saturated rings. The lowest BCUT2D eigenvalue weighted by Crippen LogP contribution is -2.28. The Morgan fingerprint density at radius 1 is 1.07 bits per heavy atom. The van der Waals surface area contributed by atoms with Crippen LogP contribution >= 0.6 is 0 Å². The average molecular weight is 401 g/mol. The molecule has 0 bridgehead atoms. The second-order valence-corrected chi connectivity index (χ2v) is 9.68. The molecule has 1 atom stereocenters. The summed E-state index contributed by atoms with van der Waals surface area (Å²) in [7, 11) is -1.90. The molecular weight excluding hydrogens is 372 g/mol. The topological polar surface area (TPSA) is 66.5 Å². The van der Waals surface area contributed by atoms with Gasteiger partial charge in [0.1, 0.15) is 0 Å². The van der Waals surface area contributed by atoms with E-state index in [4.69, 9.17) is 0 Å². The highest BCUT2D eigenvalue weighted by atomic mass is 32.2. The van der Waals surface area contributed by atoms with Crippen LogP contribution in [0.25, 0.3) is 0 Å². The lowest BCUT2D eigenvalue weighted by atomic mass is 9.89. The second kappa shape index (κ2) is 7.95. The van der Waals surface area contributed by atoms with Crippen molar-refractivity contribution >= 4 is 21.6 Å². The van der Waals surface area contributed by atoms with Crippen LogP contribution in [-0.4, -0.2) is 27.6 Å². The number of carbonyl (C=O) groups is 1. The third-order valence-corrected chi connectivity index (χ3v) is 6.72. The maximum absolute atomic E-state index is 12.8. The molecule has 150 valence electrons. The molecule has 1 aliphatic carbocycles. The Hall–Kier alpha value is -2.34. The third-order valence-electron chi connectivity index (χ3n) is 5.53. The summed E-state index contributed by atoms with van der Waals surface area (Å²) in [5, 5.41) is 3.04. The largest absolute Gasteiger partial charge is 0.346 e. The number of sulfonamides is 1. The summed E-state index contributed by atoms with van der Waals surface area (Å²) in [5.41, 5.74) is 5.65. The number of benzene rings is 2. The van der Waals surface area contributed by atoms with Gasteiger partial charge < -0.3 is 5.32 Å². The van der Waals surface area contributed by atoms with Crippen molar-refractivity contribution in [3.63, 3.8) is 0 Å². The van der Waals surface area contributed by atoms with Gasteiger partial charge in [-0.05, 0) is 73.9 Å². The van der Waals surface area contributed by atoms with Crippen LogP contribution in [0, 0.1) is 6.92 Å². The number of rotatable bonds is 5. The number of amides is 1. The molecule has 1 N–H and O–H groups in total. The highest BCUT2D eigenvalue weighted by molar-refractivity contribution is 7.92. The zero-order valence-electron chi connectivity index (χ0n) is 17.0. The van der Waals surface area contributed by atoms with E-state index in [1.807, 2.05) is 13.8 Å². The number of nitrogens with one attached hydrogen (secondary N) is 1. The van der Waals surface area contributed by atoms with Gasteiger partial charge in [0.25, 0.3) is 5.91 Å². The fraction of sp³-hybridized carbons (Fsp3) is 0.409. The van der Waals surface area contributed by atoms with E-state index in [2.05, 4.69) is 23.5 Å². The highest BCUT2D eigenvalue weighted by Crippen LogP contribution is 2.26. The van der Waals surface area contributed by atoms with E-state index >= 15 is 0 Å². The van der Waals surface area contributed by atoms with Crippen molar-refractivity contribution in [2.75, 3.05) is 17.6 Å². The van der Waals surface area contributed by atoms with Gasteiger partial charge in [-0.3, -0.25) is 9.10 Å². The number of carbonyl (C=O) groups excluding carboxylic acids is 1. The van der Waals surface area contributed by atoms with Crippen LogP contribution in [0.3, 0.4) is 0 Å². The van der Waals surface area contributed by atoms with Crippen LogP contribution < -0.4 is 9.62 Å². The van der Waals surface area contributed by atoms with Gasteiger partial charge in [-0.1, -0.05) is 24.3 Å². The summed E-state index contributed by atoms with van der Waals surface area (Å²) in [4.78, 5) is 12.8. The molecule has 6 heteroatoms. The van der Waals surface area contributed by atoms with E-state index < -0.39 is 10.0 Å². The predicted octanol–water partition coefficient (Wildman–Crippen LogP) is 3.76. The number of hydrogen-bond donors (Lipinski definition) is 1. The van der Waals surface area contributed by atoms with E-state index in [0.29, 0.717) is 11.3 Å².